The van der Waals surface area contributed by atoms with Crippen molar-refractivity contribution >= 4 is 11.7 Å². The third kappa shape index (κ3) is 3.28. The molecule has 0 spiro atoms. The molecule has 2 N–H and O–H groups in total. The number of alkyl halides is 3. The summed E-state index contributed by atoms with van der Waals surface area (Å²) in [7, 11) is 1.16. The molecule has 0 aromatic heterocycles. The van der Waals surface area contributed by atoms with Gasteiger partial charge in [-0.05, 0) is 25.1 Å². The van der Waals surface area contributed by atoms with Gasteiger partial charge in [0.2, 0.25) is 0 Å². The topological polar surface area (TPSA) is 61.5 Å². The van der Waals surface area contributed by atoms with Gasteiger partial charge in [-0.1, -0.05) is 0 Å². The number of esters is 1. The number of ether oxygens (including phenoxy) is 2. The monoisotopic (exact) mass is 263 g/mol. The van der Waals surface area contributed by atoms with Gasteiger partial charge in [-0.15, -0.1) is 0 Å². The quantitative estimate of drug-likeness (QED) is 0.671. The van der Waals surface area contributed by atoms with Crippen molar-refractivity contribution in [1.29, 1.82) is 0 Å². The Balaban J connectivity index is 2.98. The van der Waals surface area contributed by atoms with Crippen LogP contribution in [0.3, 0.4) is 0 Å². The Morgan fingerprint density at radius 3 is 2.50 bits per heavy atom. The summed E-state index contributed by atoms with van der Waals surface area (Å²) in [4.78, 5) is 11.2. The third-order valence-corrected chi connectivity index (χ3v) is 2.20. The average molecular weight is 263 g/mol. The van der Waals surface area contributed by atoms with E-state index in [1.54, 1.807) is 0 Å². The Bertz CT molecular complexity index is 446. The van der Waals surface area contributed by atoms with Gasteiger partial charge < -0.3 is 15.2 Å². The maximum Gasteiger partial charge on any atom is 0.425 e. The van der Waals surface area contributed by atoms with Gasteiger partial charge in [-0.25, -0.2) is 4.79 Å². The number of halogens is 3. The summed E-state index contributed by atoms with van der Waals surface area (Å²) in [6, 6.07) is 3.74. The first-order valence-corrected chi connectivity index (χ1v) is 4.97. The zero-order valence-corrected chi connectivity index (χ0v) is 9.75. The van der Waals surface area contributed by atoms with E-state index in [1.165, 1.54) is 12.1 Å². The highest BCUT2D eigenvalue weighted by Crippen LogP contribution is 2.29. The Morgan fingerprint density at radius 1 is 1.39 bits per heavy atom. The van der Waals surface area contributed by atoms with Crippen molar-refractivity contribution < 1.29 is 27.4 Å². The number of rotatable bonds is 3. The molecule has 0 saturated carbocycles. The smallest absolute Gasteiger partial charge is 0.425 e. The number of carbonyl (C=O) groups excluding carboxylic acids is 1. The molecule has 0 aliphatic heterocycles. The number of benzene rings is 1. The molecule has 1 rings (SSSR count). The first-order chi connectivity index (χ1) is 8.25. The van der Waals surface area contributed by atoms with E-state index in [9.17, 15) is 18.0 Å². The number of nitrogens with two attached hydrogens (primary N) is 1. The second-order valence-corrected chi connectivity index (χ2v) is 3.55. The van der Waals surface area contributed by atoms with Crippen molar-refractivity contribution in [3.8, 4) is 5.75 Å². The molecule has 0 bridgehead atoms. The highest BCUT2D eigenvalue weighted by Gasteiger charge is 2.38. The molecule has 1 unspecified atom stereocenters. The van der Waals surface area contributed by atoms with Gasteiger partial charge in [-0.3, -0.25) is 0 Å². The summed E-state index contributed by atoms with van der Waals surface area (Å²) >= 11 is 0. The van der Waals surface area contributed by atoms with Crippen molar-refractivity contribution in [1.82, 2.24) is 0 Å². The summed E-state index contributed by atoms with van der Waals surface area (Å²) in [5.41, 5.74) is 5.56. The molecule has 1 aromatic rings. The van der Waals surface area contributed by atoms with Crippen LogP contribution in [0.5, 0.6) is 5.75 Å². The van der Waals surface area contributed by atoms with Gasteiger partial charge >= 0.3 is 12.1 Å². The predicted molar refractivity (Wildman–Crippen MR) is 58.3 cm³/mol. The van der Waals surface area contributed by atoms with Crippen LogP contribution in [-0.2, 0) is 4.74 Å². The molecule has 0 aliphatic rings. The normalized spacial score (nSPS) is 12.9. The van der Waals surface area contributed by atoms with Crippen LogP contribution in [-0.4, -0.2) is 25.4 Å². The highest BCUT2D eigenvalue weighted by molar-refractivity contribution is 5.90. The van der Waals surface area contributed by atoms with Crippen LogP contribution in [0.25, 0.3) is 0 Å². The summed E-state index contributed by atoms with van der Waals surface area (Å²) in [5.74, 6) is -0.887. The van der Waals surface area contributed by atoms with Gasteiger partial charge in [0.15, 0.2) is 6.10 Å². The lowest BCUT2D eigenvalue weighted by atomic mass is 10.2. The lowest BCUT2D eigenvalue weighted by Gasteiger charge is -2.19. The second-order valence-electron chi connectivity index (χ2n) is 3.55. The first kappa shape index (κ1) is 14.1. The number of nitrogen functional groups attached to an aromatic ring is 1. The van der Waals surface area contributed by atoms with Gasteiger partial charge in [-0.2, -0.15) is 13.2 Å². The Kier molecular flexibility index (Phi) is 4.05. The van der Waals surface area contributed by atoms with Gasteiger partial charge in [0.1, 0.15) is 5.75 Å². The van der Waals surface area contributed by atoms with Crippen LogP contribution in [0.1, 0.15) is 17.3 Å². The van der Waals surface area contributed by atoms with Crippen LogP contribution in [0, 0.1) is 0 Å². The van der Waals surface area contributed by atoms with Gasteiger partial charge in [0.25, 0.3) is 0 Å². The Hall–Kier alpha value is -1.92. The molecule has 7 heteroatoms. The molecule has 18 heavy (non-hydrogen) atoms. The number of anilines is 1. The fourth-order valence-electron chi connectivity index (χ4n) is 1.14. The molecule has 0 fully saturated rings. The van der Waals surface area contributed by atoms with E-state index in [2.05, 4.69) is 9.47 Å². The third-order valence-electron chi connectivity index (χ3n) is 2.20. The molecule has 0 amide bonds. The van der Waals surface area contributed by atoms with Crippen LogP contribution in [0.4, 0.5) is 18.9 Å². The van der Waals surface area contributed by atoms with Gasteiger partial charge in [0.05, 0.1) is 18.4 Å². The lowest BCUT2D eigenvalue weighted by Crippen LogP contribution is -2.31. The minimum absolute atomic E-state index is 0.0127. The van der Waals surface area contributed by atoms with Crippen molar-refractivity contribution in [3.05, 3.63) is 23.8 Å². The molecule has 0 saturated heterocycles. The zero-order valence-electron chi connectivity index (χ0n) is 9.75. The molecule has 0 aliphatic carbocycles. The fraction of sp³-hybridized carbons (Fsp3) is 0.364. The molecule has 1 aromatic carbocycles. The number of hydrogen-bond donors (Lipinski definition) is 1. The summed E-state index contributed by atoms with van der Waals surface area (Å²) in [6.07, 6.45) is -6.53. The molecule has 4 nitrogen and oxygen atoms in total. The number of carbonyl (C=O) groups is 1. The van der Waals surface area contributed by atoms with Crippen LogP contribution in [0.15, 0.2) is 18.2 Å². The fourth-order valence-corrected chi connectivity index (χ4v) is 1.14. The first-order valence-electron chi connectivity index (χ1n) is 4.97. The number of methoxy groups -OCH3 is 1. The predicted octanol–water partition coefficient (Wildman–Crippen LogP) is 2.39. The molecular formula is C11H12F3NO3. The molecule has 100 valence electrons. The molecule has 0 heterocycles. The second kappa shape index (κ2) is 5.16. The Labute approximate surface area is 101 Å². The van der Waals surface area contributed by atoms with Crippen molar-refractivity contribution in [2.45, 2.75) is 19.2 Å². The van der Waals surface area contributed by atoms with Crippen molar-refractivity contribution in [3.63, 3.8) is 0 Å². The highest BCUT2D eigenvalue weighted by atomic mass is 19.4. The van der Waals surface area contributed by atoms with E-state index in [1.807, 2.05) is 0 Å². The zero-order chi connectivity index (χ0) is 13.9. The van der Waals surface area contributed by atoms with Crippen molar-refractivity contribution in [2.75, 3.05) is 12.8 Å². The van der Waals surface area contributed by atoms with Gasteiger partial charge in [0, 0.05) is 0 Å². The summed E-state index contributed by atoms with van der Waals surface area (Å²) in [6.45, 7) is 0.851. The SMILES string of the molecule is COC(=O)c1ccc(N)c(OC(C)C(F)(F)F)c1. The maximum absolute atomic E-state index is 12.3. The average Bonchev–Trinajstić information content (AvgIpc) is 2.29. The lowest BCUT2D eigenvalue weighted by molar-refractivity contribution is -0.189. The summed E-state index contributed by atoms with van der Waals surface area (Å²) < 4.78 is 46.1. The van der Waals surface area contributed by atoms with Crippen LogP contribution in [0.2, 0.25) is 0 Å². The van der Waals surface area contributed by atoms with Crippen LogP contribution < -0.4 is 10.5 Å². The molecule has 1 atom stereocenters. The molecule has 0 radical (unpaired) electrons. The summed E-state index contributed by atoms with van der Waals surface area (Å²) in [5, 5.41) is 0. The standard InChI is InChI=1S/C11H12F3NO3/c1-6(11(12,13)14)18-9-5-7(10(16)17-2)3-4-8(9)15/h3-6H,15H2,1-2H3. The van der Waals surface area contributed by atoms with E-state index in [-0.39, 0.29) is 17.0 Å². The van der Waals surface area contributed by atoms with E-state index in [0.29, 0.717) is 0 Å². The largest absolute Gasteiger partial charge is 0.479 e. The minimum atomic E-state index is -4.51. The maximum atomic E-state index is 12.3. The Morgan fingerprint density at radius 2 is 2.00 bits per heavy atom. The van der Waals surface area contributed by atoms with E-state index in [4.69, 9.17) is 5.73 Å². The van der Waals surface area contributed by atoms with Crippen LogP contribution >= 0.6 is 0 Å². The van der Waals surface area contributed by atoms with E-state index < -0.39 is 18.2 Å². The molecular weight excluding hydrogens is 251 g/mol. The minimum Gasteiger partial charge on any atom is -0.479 e. The van der Waals surface area contributed by atoms with E-state index >= 15 is 0 Å². The number of hydrogen-bond acceptors (Lipinski definition) is 4. The van der Waals surface area contributed by atoms with E-state index in [0.717, 1.165) is 20.1 Å². The van der Waals surface area contributed by atoms with Crippen molar-refractivity contribution in [2.24, 2.45) is 0 Å².